The number of hydrogen-bond donors (Lipinski definition) is 1. The third kappa shape index (κ3) is 3.05. The van der Waals surface area contributed by atoms with Gasteiger partial charge in [0.05, 0.1) is 5.69 Å². The van der Waals surface area contributed by atoms with Gasteiger partial charge in [-0.3, -0.25) is 0 Å². The second-order valence-corrected chi connectivity index (χ2v) is 7.39. The highest BCUT2D eigenvalue weighted by Gasteiger charge is 2.14. The van der Waals surface area contributed by atoms with Gasteiger partial charge in [-0.25, -0.2) is 0 Å². The zero-order valence-electron chi connectivity index (χ0n) is 12.6. The lowest BCUT2D eigenvalue weighted by Gasteiger charge is -2.06. The summed E-state index contributed by atoms with van der Waals surface area (Å²) in [5.74, 6) is 0. The summed E-state index contributed by atoms with van der Waals surface area (Å²) in [5.41, 5.74) is 3.35. The third-order valence-corrected chi connectivity index (χ3v) is 5.46. The first-order valence-electron chi connectivity index (χ1n) is 7.51. The van der Waals surface area contributed by atoms with E-state index in [4.69, 9.17) is 23.2 Å². The number of fused-ring (bicyclic) bond motifs is 1. The molecule has 24 heavy (non-hydrogen) atoms. The Morgan fingerprint density at radius 1 is 0.708 bits per heavy atom. The molecule has 118 valence electrons. The topological polar surface area (TPSA) is 15.8 Å². The molecule has 0 atom stereocenters. The highest BCUT2D eigenvalue weighted by atomic mass is 35.5. The van der Waals surface area contributed by atoms with Crippen LogP contribution in [0.1, 0.15) is 0 Å². The van der Waals surface area contributed by atoms with Gasteiger partial charge in [-0.1, -0.05) is 65.3 Å². The highest BCUT2D eigenvalue weighted by Crippen LogP contribution is 2.41. The number of para-hydroxylation sites is 1. The number of H-pyrrole nitrogens is 1. The molecule has 0 bridgehead atoms. The van der Waals surface area contributed by atoms with E-state index in [0.717, 1.165) is 31.7 Å². The van der Waals surface area contributed by atoms with Gasteiger partial charge in [-0.2, -0.15) is 0 Å². The van der Waals surface area contributed by atoms with Crippen LogP contribution in [0, 0.1) is 0 Å². The van der Waals surface area contributed by atoms with Gasteiger partial charge >= 0.3 is 0 Å². The van der Waals surface area contributed by atoms with E-state index in [2.05, 4.69) is 23.2 Å². The highest BCUT2D eigenvalue weighted by molar-refractivity contribution is 7.99. The Bertz CT molecular complexity index is 989. The van der Waals surface area contributed by atoms with Crippen LogP contribution in [-0.2, 0) is 0 Å². The molecule has 0 aliphatic rings. The summed E-state index contributed by atoms with van der Waals surface area (Å²) < 4.78 is 0. The minimum atomic E-state index is 0.738. The van der Waals surface area contributed by atoms with Gasteiger partial charge in [0, 0.05) is 30.7 Å². The molecule has 0 saturated carbocycles. The van der Waals surface area contributed by atoms with Crippen molar-refractivity contribution >= 4 is 45.9 Å². The molecule has 4 heteroatoms. The number of aromatic nitrogens is 1. The lowest BCUT2D eigenvalue weighted by atomic mass is 10.1. The molecule has 0 aliphatic carbocycles. The predicted octanol–water partition coefficient (Wildman–Crippen LogP) is 7.29. The SMILES string of the molecule is Clc1ccc(Sc2c(-c3ccc(Cl)cc3)[nH]c3ccccc23)cc1. The summed E-state index contributed by atoms with van der Waals surface area (Å²) >= 11 is 13.8. The van der Waals surface area contributed by atoms with Crippen molar-refractivity contribution in [3.8, 4) is 11.3 Å². The van der Waals surface area contributed by atoms with Crippen LogP contribution in [0.2, 0.25) is 10.0 Å². The first-order valence-corrected chi connectivity index (χ1v) is 9.08. The number of rotatable bonds is 3. The van der Waals surface area contributed by atoms with Gasteiger partial charge in [0.2, 0.25) is 0 Å². The fourth-order valence-electron chi connectivity index (χ4n) is 2.66. The van der Waals surface area contributed by atoms with Gasteiger partial charge in [-0.05, 0) is 48.0 Å². The number of halogens is 2. The molecular formula is C20H13Cl2NS. The van der Waals surface area contributed by atoms with Crippen LogP contribution >= 0.6 is 35.0 Å². The van der Waals surface area contributed by atoms with Gasteiger partial charge in [0.25, 0.3) is 0 Å². The van der Waals surface area contributed by atoms with Gasteiger partial charge < -0.3 is 4.98 Å². The summed E-state index contributed by atoms with van der Waals surface area (Å²) in [7, 11) is 0. The first-order chi connectivity index (χ1) is 11.7. The number of aromatic amines is 1. The van der Waals surface area contributed by atoms with Crippen LogP contribution in [0.5, 0.6) is 0 Å². The number of benzene rings is 3. The Labute approximate surface area is 154 Å². The summed E-state index contributed by atoms with van der Waals surface area (Å²) in [6.45, 7) is 0. The van der Waals surface area contributed by atoms with Crippen LogP contribution in [0.4, 0.5) is 0 Å². The number of nitrogens with one attached hydrogen (secondary N) is 1. The summed E-state index contributed by atoms with van der Waals surface area (Å²) in [6, 6.07) is 24.2. The fourth-order valence-corrected chi connectivity index (χ4v) is 3.98. The monoisotopic (exact) mass is 369 g/mol. The molecule has 1 heterocycles. The van der Waals surface area contributed by atoms with Crippen molar-refractivity contribution in [3.63, 3.8) is 0 Å². The largest absolute Gasteiger partial charge is 0.354 e. The van der Waals surface area contributed by atoms with Gasteiger partial charge in [0.1, 0.15) is 0 Å². The van der Waals surface area contributed by atoms with Crippen molar-refractivity contribution in [1.29, 1.82) is 0 Å². The van der Waals surface area contributed by atoms with E-state index < -0.39 is 0 Å². The lowest BCUT2D eigenvalue weighted by Crippen LogP contribution is -1.80. The summed E-state index contributed by atoms with van der Waals surface area (Å²) in [5, 5.41) is 2.69. The Hall–Kier alpha value is -1.87. The Balaban J connectivity index is 1.86. The predicted molar refractivity (Wildman–Crippen MR) is 104 cm³/mol. The van der Waals surface area contributed by atoms with Crippen molar-refractivity contribution in [1.82, 2.24) is 4.98 Å². The minimum Gasteiger partial charge on any atom is -0.354 e. The molecule has 4 rings (SSSR count). The second kappa shape index (κ2) is 6.56. The van der Waals surface area contributed by atoms with Crippen LogP contribution in [-0.4, -0.2) is 4.98 Å². The maximum absolute atomic E-state index is 6.03. The average molecular weight is 370 g/mol. The quantitative estimate of drug-likeness (QED) is 0.400. The molecule has 4 aromatic rings. The third-order valence-electron chi connectivity index (χ3n) is 3.82. The van der Waals surface area contributed by atoms with E-state index in [1.807, 2.05) is 54.6 Å². The Morgan fingerprint density at radius 2 is 1.33 bits per heavy atom. The minimum absolute atomic E-state index is 0.738. The zero-order chi connectivity index (χ0) is 16.5. The summed E-state index contributed by atoms with van der Waals surface area (Å²) in [4.78, 5) is 5.90. The molecule has 0 amide bonds. The normalized spacial score (nSPS) is 11.1. The van der Waals surface area contributed by atoms with Gasteiger partial charge in [0.15, 0.2) is 0 Å². The molecule has 0 radical (unpaired) electrons. The van der Waals surface area contributed by atoms with Crippen LogP contribution in [0.25, 0.3) is 22.2 Å². The van der Waals surface area contributed by atoms with Crippen molar-refractivity contribution in [2.45, 2.75) is 9.79 Å². The maximum atomic E-state index is 6.03. The standard InChI is InChI=1S/C20H13Cl2NS/c21-14-7-5-13(6-8-14)19-20(17-3-1-2-4-18(17)23-19)24-16-11-9-15(22)10-12-16/h1-12,23H. The molecule has 0 fully saturated rings. The van der Waals surface area contributed by atoms with E-state index in [1.54, 1.807) is 11.8 Å². The van der Waals surface area contributed by atoms with E-state index in [9.17, 15) is 0 Å². The van der Waals surface area contributed by atoms with E-state index in [1.165, 1.54) is 10.3 Å². The maximum Gasteiger partial charge on any atom is 0.0606 e. The fraction of sp³-hybridized carbons (Fsp3) is 0. The smallest absolute Gasteiger partial charge is 0.0606 e. The molecule has 0 aliphatic heterocycles. The summed E-state index contributed by atoms with van der Waals surface area (Å²) in [6.07, 6.45) is 0. The molecule has 1 N–H and O–H groups in total. The van der Waals surface area contributed by atoms with Crippen LogP contribution in [0.15, 0.2) is 82.6 Å². The average Bonchev–Trinajstić information content (AvgIpc) is 2.96. The first kappa shape index (κ1) is 15.6. The van der Waals surface area contributed by atoms with Crippen molar-refractivity contribution in [2.24, 2.45) is 0 Å². The molecular weight excluding hydrogens is 357 g/mol. The molecule has 0 unspecified atom stereocenters. The van der Waals surface area contributed by atoms with Gasteiger partial charge in [-0.15, -0.1) is 0 Å². The van der Waals surface area contributed by atoms with Crippen molar-refractivity contribution in [2.75, 3.05) is 0 Å². The van der Waals surface area contributed by atoms with E-state index in [0.29, 0.717) is 0 Å². The Kier molecular flexibility index (Phi) is 4.28. The number of hydrogen-bond acceptors (Lipinski definition) is 1. The van der Waals surface area contributed by atoms with Crippen LogP contribution < -0.4 is 0 Å². The molecule has 1 aromatic heterocycles. The van der Waals surface area contributed by atoms with Crippen LogP contribution in [0.3, 0.4) is 0 Å². The lowest BCUT2D eigenvalue weighted by molar-refractivity contribution is 1.38. The second-order valence-electron chi connectivity index (χ2n) is 5.44. The van der Waals surface area contributed by atoms with E-state index in [-0.39, 0.29) is 0 Å². The molecule has 0 saturated heterocycles. The molecule has 0 spiro atoms. The van der Waals surface area contributed by atoms with E-state index >= 15 is 0 Å². The van der Waals surface area contributed by atoms with Crippen molar-refractivity contribution in [3.05, 3.63) is 82.8 Å². The van der Waals surface area contributed by atoms with Crippen molar-refractivity contribution < 1.29 is 0 Å². The zero-order valence-corrected chi connectivity index (χ0v) is 14.9. The molecule has 3 aromatic carbocycles. The molecule has 1 nitrogen and oxygen atoms in total. The Morgan fingerprint density at radius 3 is 2.04 bits per heavy atom.